The van der Waals surface area contributed by atoms with E-state index in [0.29, 0.717) is 16.9 Å². The molecule has 0 unspecified atom stereocenters. The molecular weight excluding hydrogens is 648 g/mol. The van der Waals surface area contributed by atoms with Crippen molar-refractivity contribution in [2.24, 2.45) is 4.99 Å². The van der Waals surface area contributed by atoms with E-state index in [0.717, 1.165) is 21.2 Å². The SMILES string of the molecule is CC(=O)OCC1=C(C(=O)OCC(=O)c2ccc(Br)cc2)N2C(=O)[C@@H](/N=C/c3cc(C(C)(C)C)c(O)c(C(C)(C)C)c3)[C@H]2SC1. The van der Waals surface area contributed by atoms with Gasteiger partial charge in [-0.05, 0) is 40.7 Å². The van der Waals surface area contributed by atoms with Crippen molar-refractivity contribution >= 4 is 57.5 Å². The van der Waals surface area contributed by atoms with Gasteiger partial charge in [-0.3, -0.25) is 24.3 Å². The van der Waals surface area contributed by atoms with Crippen LogP contribution >= 0.6 is 27.7 Å². The molecule has 0 radical (unpaired) electrons. The van der Waals surface area contributed by atoms with Crippen LogP contribution in [0.3, 0.4) is 0 Å². The minimum absolute atomic E-state index is 0.0234. The smallest absolute Gasteiger partial charge is 0.355 e. The monoisotopic (exact) mass is 684 g/mol. The first-order valence-electron chi connectivity index (χ1n) is 14.2. The van der Waals surface area contributed by atoms with Gasteiger partial charge in [-0.25, -0.2) is 4.79 Å². The number of phenols is 1. The third-order valence-electron chi connectivity index (χ3n) is 7.30. The van der Waals surface area contributed by atoms with Crippen LogP contribution in [0.5, 0.6) is 5.75 Å². The van der Waals surface area contributed by atoms with E-state index in [1.54, 1.807) is 30.5 Å². The van der Waals surface area contributed by atoms with Gasteiger partial charge in [0.2, 0.25) is 0 Å². The summed E-state index contributed by atoms with van der Waals surface area (Å²) in [5, 5.41) is 10.6. The largest absolute Gasteiger partial charge is 0.507 e. The maximum absolute atomic E-state index is 13.5. The highest BCUT2D eigenvalue weighted by Gasteiger charge is 2.54. The van der Waals surface area contributed by atoms with Crippen molar-refractivity contribution in [1.82, 2.24) is 4.90 Å². The van der Waals surface area contributed by atoms with Crippen molar-refractivity contribution < 1.29 is 33.8 Å². The van der Waals surface area contributed by atoms with E-state index in [9.17, 15) is 24.3 Å². The molecule has 1 amide bonds. The van der Waals surface area contributed by atoms with Gasteiger partial charge in [0.1, 0.15) is 23.4 Å². The van der Waals surface area contributed by atoms with Crippen molar-refractivity contribution in [2.75, 3.05) is 19.0 Å². The lowest BCUT2D eigenvalue weighted by Gasteiger charge is -2.48. The molecule has 2 aromatic rings. The van der Waals surface area contributed by atoms with Crippen LogP contribution in [0.4, 0.5) is 0 Å². The lowest BCUT2D eigenvalue weighted by molar-refractivity contribution is -0.150. The molecule has 1 fully saturated rings. The third-order valence-corrected chi connectivity index (χ3v) is 9.15. The lowest BCUT2D eigenvalue weighted by atomic mass is 9.78. The molecule has 2 atom stereocenters. The van der Waals surface area contributed by atoms with Gasteiger partial charge in [0.05, 0.1) is 0 Å². The number of carbonyl (C=O) groups is 4. The second-order valence-electron chi connectivity index (χ2n) is 12.8. The van der Waals surface area contributed by atoms with Crippen molar-refractivity contribution in [3.63, 3.8) is 0 Å². The Morgan fingerprint density at radius 3 is 2.18 bits per heavy atom. The summed E-state index contributed by atoms with van der Waals surface area (Å²) < 4.78 is 11.3. The Labute approximate surface area is 270 Å². The molecule has 1 saturated heterocycles. The van der Waals surface area contributed by atoms with Gasteiger partial charge in [-0.2, -0.15) is 0 Å². The number of Topliss-reactive ketones (excluding diaryl/α,β-unsaturated/α-hetero) is 1. The molecule has 0 saturated carbocycles. The summed E-state index contributed by atoms with van der Waals surface area (Å²) in [6, 6.07) is 9.66. The fourth-order valence-electron chi connectivity index (χ4n) is 4.92. The van der Waals surface area contributed by atoms with Gasteiger partial charge >= 0.3 is 11.9 Å². The highest BCUT2D eigenvalue weighted by Crippen LogP contribution is 2.43. The Morgan fingerprint density at radius 1 is 1.05 bits per heavy atom. The molecule has 1 N–H and O–H groups in total. The summed E-state index contributed by atoms with van der Waals surface area (Å²) in [5.74, 6) is -1.62. The normalized spacial score (nSPS) is 18.6. The average molecular weight is 686 g/mol. The molecule has 9 nitrogen and oxygen atoms in total. The van der Waals surface area contributed by atoms with Crippen molar-refractivity contribution in [3.05, 3.63) is 74.4 Å². The highest BCUT2D eigenvalue weighted by molar-refractivity contribution is 9.10. The summed E-state index contributed by atoms with van der Waals surface area (Å²) >= 11 is 4.72. The number of esters is 2. The van der Waals surface area contributed by atoms with Crippen LogP contribution in [-0.2, 0) is 34.7 Å². The van der Waals surface area contributed by atoms with Gasteiger partial charge in [0.25, 0.3) is 5.91 Å². The average Bonchev–Trinajstić information content (AvgIpc) is 2.93. The van der Waals surface area contributed by atoms with E-state index in [1.165, 1.54) is 23.6 Å². The number of halogens is 1. The molecule has 2 aliphatic heterocycles. The Balaban J connectivity index is 1.58. The van der Waals surface area contributed by atoms with E-state index < -0.39 is 41.7 Å². The van der Waals surface area contributed by atoms with E-state index in [2.05, 4.69) is 20.9 Å². The third kappa shape index (κ3) is 7.26. The molecule has 0 bridgehead atoms. The maximum Gasteiger partial charge on any atom is 0.355 e. The molecule has 11 heteroatoms. The summed E-state index contributed by atoms with van der Waals surface area (Å²) in [4.78, 5) is 56.9. The number of nitrogens with zero attached hydrogens (tertiary/aromatic N) is 2. The van der Waals surface area contributed by atoms with E-state index in [4.69, 9.17) is 9.47 Å². The van der Waals surface area contributed by atoms with Crippen LogP contribution in [0.1, 0.15) is 75.5 Å². The van der Waals surface area contributed by atoms with E-state index in [-0.39, 0.29) is 28.9 Å². The first-order chi connectivity index (χ1) is 20.5. The fourth-order valence-corrected chi connectivity index (χ4v) is 6.50. The molecule has 44 heavy (non-hydrogen) atoms. The lowest BCUT2D eigenvalue weighted by Crippen LogP contribution is -2.64. The Hall–Kier alpha value is -3.44. The molecule has 4 rings (SSSR count). The van der Waals surface area contributed by atoms with E-state index in [1.807, 2.05) is 53.7 Å². The second-order valence-corrected chi connectivity index (χ2v) is 14.9. The molecule has 234 valence electrons. The standard InChI is InChI=1S/C33H37BrN2O7S/c1-18(37)42-15-21-17-44-30-26(35-14-19-12-23(32(2,3)4)28(39)24(13-19)33(5,6)7)29(40)36(30)27(21)31(41)43-16-25(38)20-8-10-22(34)11-9-20/h8-14,26,30,39H,15-17H2,1-7H3/b35-14+/t26-,30-/m1/s1. The Bertz CT molecular complexity index is 1520. The number of hydrogen-bond acceptors (Lipinski definition) is 9. The van der Waals surface area contributed by atoms with Gasteiger partial charge in [-0.15, -0.1) is 11.8 Å². The predicted molar refractivity (Wildman–Crippen MR) is 173 cm³/mol. The summed E-state index contributed by atoms with van der Waals surface area (Å²) in [5.41, 5.74) is 2.43. The first kappa shape index (κ1) is 33.5. The number of β-lactam (4-membered cyclic amide) rings is 1. The van der Waals surface area contributed by atoms with Gasteiger partial charge < -0.3 is 14.6 Å². The number of fused-ring (bicyclic) bond motifs is 1. The van der Waals surface area contributed by atoms with Crippen molar-refractivity contribution in [1.29, 1.82) is 0 Å². The summed E-state index contributed by atoms with van der Waals surface area (Å²) in [7, 11) is 0. The molecule has 0 spiro atoms. The van der Waals surface area contributed by atoms with Crippen LogP contribution in [0.15, 0.2) is 57.1 Å². The summed E-state index contributed by atoms with van der Waals surface area (Å²) in [6.45, 7) is 12.7. The van der Waals surface area contributed by atoms with Gasteiger partial charge in [-0.1, -0.05) is 69.6 Å². The summed E-state index contributed by atoms with van der Waals surface area (Å²) in [6.07, 6.45) is 1.64. The van der Waals surface area contributed by atoms with Crippen LogP contribution in [0, 0.1) is 0 Å². The minimum Gasteiger partial charge on any atom is -0.507 e. The molecule has 2 heterocycles. The number of amides is 1. The van der Waals surface area contributed by atoms with Crippen LogP contribution < -0.4 is 0 Å². The Morgan fingerprint density at radius 2 is 1.64 bits per heavy atom. The number of ether oxygens (including phenoxy) is 2. The minimum atomic E-state index is -0.845. The number of ketones is 1. The van der Waals surface area contributed by atoms with Gasteiger partial charge in [0.15, 0.2) is 18.4 Å². The first-order valence-corrected chi connectivity index (χ1v) is 16.0. The number of rotatable bonds is 8. The quantitative estimate of drug-likeness (QED) is 0.163. The number of phenolic OH excluding ortho intramolecular Hbond substituents is 1. The predicted octanol–water partition coefficient (Wildman–Crippen LogP) is 5.70. The van der Waals surface area contributed by atoms with E-state index >= 15 is 0 Å². The number of hydrogen-bond donors (Lipinski definition) is 1. The number of carbonyl (C=O) groups excluding carboxylic acids is 4. The van der Waals surface area contributed by atoms with Crippen LogP contribution in [-0.4, -0.2) is 70.2 Å². The number of benzene rings is 2. The maximum atomic E-state index is 13.5. The van der Waals surface area contributed by atoms with Crippen molar-refractivity contribution in [2.45, 2.75) is 70.7 Å². The zero-order valence-electron chi connectivity index (χ0n) is 25.9. The molecule has 0 aromatic heterocycles. The molecule has 2 aromatic carbocycles. The van der Waals surface area contributed by atoms with Crippen LogP contribution in [0.25, 0.3) is 0 Å². The highest BCUT2D eigenvalue weighted by atomic mass is 79.9. The number of aromatic hydroxyl groups is 1. The zero-order valence-corrected chi connectivity index (χ0v) is 28.3. The second kappa shape index (κ2) is 12.9. The fraction of sp³-hybridized carbons (Fsp3) is 0.424. The number of aliphatic imine (C=N–C) groups is 1. The zero-order chi connectivity index (χ0) is 32.6. The molecule has 2 aliphatic rings. The Kier molecular flexibility index (Phi) is 9.80. The topological polar surface area (TPSA) is 123 Å². The van der Waals surface area contributed by atoms with Gasteiger partial charge in [0, 0.05) is 45.6 Å². The molecular formula is C33H37BrN2O7S. The molecule has 0 aliphatic carbocycles. The number of thioether (sulfide) groups is 1. The van der Waals surface area contributed by atoms with Crippen LogP contribution in [0.2, 0.25) is 0 Å². The van der Waals surface area contributed by atoms with Crippen molar-refractivity contribution in [3.8, 4) is 5.75 Å².